The molecular weight excluding hydrogens is 376 g/mol. The molecule has 1 aliphatic heterocycles. The highest BCUT2D eigenvalue weighted by atomic mass is 16.2. The van der Waals surface area contributed by atoms with Crippen molar-refractivity contribution >= 4 is 5.52 Å². The van der Waals surface area contributed by atoms with Crippen LogP contribution in [0.3, 0.4) is 0 Å². The van der Waals surface area contributed by atoms with Gasteiger partial charge < -0.3 is 19.4 Å². The van der Waals surface area contributed by atoms with Crippen LogP contribution >= 0.6 is 0 Å². The SMILES string of the molecule is CO.c1cn2c(C34CC(C3)C4)ncc2cn1.c1nc(C23CC(C2)C3)n2c1CNCC2. The minimum atomic E-state index is 0.443. The second-order valence-corrected chi connectivity index (χ2v) is 9.87. The third-order valence-corrected chi connectivity index (χ3v) is 8.12. The van der Waals surface area contributed by atoms with E-state index in [0.717, 1.165) is 44.1 Å². The maximum atomic E-state index is 7.00. The highest BCUT2D eigenvalue weighted by Gasteiger charge is 2.60. The summed E-state index contributed by atoms with van der Waals surface area (Å²) in [5.74, 6) is 4.71. The fourth-order valence-electron chi connectivity index (χ4n) is 6.38. The van der Waals surface area contributed by atoms with Gasteiger partial charge in [-0.05, 0) is 50.4 Å². The quantitative estimate of drug-likeness (QED) is 0.683. The molecule has 0 amide bonds. The number of aliphatic hydroxyl groups excluding tert-OH is 1. The lowest BCUT2D eigenvalue weighted by atomic mass is 9.44. The van der Waals surface area contributed by atoms with E-state index in [1.54, 1.807) is 0 Å². The number of nitrogens with one attached hydrogen (secondary N) is 1. The number of imidazole rings is 2. The van der Waals surface area contributed by atoms with Crippen molar-refractivity contribution in [1.82, 2.24) is 29.2 Å². The van der Waals surface area contributed by atoms with Gasteiger partial charge in [0.1, 0.15) is 11.6 Å². The average molecular weight is 407 g/mol. The average Bonchev–Trinajstić information content (AvgIpc) is 3.25. The van der Waals surface area contributed by atoms with Gasteiger partial charge in [0.25, 0.3) is 0 Å². The Morgan fingerprint density at radius 2 is 1.60 bits per heavy atom. The number of aromatic nitrogens is 5. The second kappa shape index (κ2) is 6.62. The van der Waals surface area contributed by atoms with Gasteiger partial charge in [0.2, 0.25) is 0 Å². The number of nitrogens with zero attached hydrogens (tertiary/aromatic N) is 5. The summed E-state index contributed by atoms with van der Waals surface area (Å²) in [5, 5.41) is 10.4. The molecule has 3 aromatic rings. The van der Waals surface area contributed by atoms with Crippen molar-refractivity contribution in [2.45, 2.75) is 62.4 Å². The zero-order valence-corrected chi connectivity index (χ0v) is 17.6. The minimum Gasteiger partial charge on any atom is -0.400 e. The third kappa shape index (κ3) is 2.48. The van der Waals surface area contributed by atoms with Crippen LogP contribution in [0.5, 0.6) is 0 Å². The molecule has 7 nitrogen and oxygen atoms in total. The van der Waals surface area contributed by atoms with Gasteiger partial charge in [-0.1, -0.05) is 0 Å². The van der Waals surface area contributed by atoms with Crippen LogP contribution in [0.25, 0.3) is 5.52 Å². The van der Waals surface area contributed by atoms with Gasteiger partial charge in [0.15, 0.2) is 0 Å². The van der Waals surface area contributed by atoms with Gasteiger partial charge in [-0.2, -0.15) is 0 Å². The Bertz CT molecular complexity index is 1050. The standard InChI is InChI=1S/C11H15N3.C11H11N3.CH4O/c2*1-2-14-9(6-12-1)7-13-10(14)11-3-8(4-11)5-11;1-2/h7-8,12H,1-6H2;1-2,6-8H,3-5H2;2H,1H3. The van der Waals surface area contributed by atoms with Crippen molar-refractivity contribution in [2.24, 2.45) is 11.8 Å². The number of rotatable bonds is 2. The molecule has 6 aliphatic carbocycles. The van der Waals surface area contributed by atoms with E-state index in [4.69, 9.17) is 5.11 Å². The monoisotopic (exact) mass is 406 g/mol. The van der Waals surface area contributed by atoms with E-state index in [-0.39, 0.29) is 0 Å². The van der Waals surface area contributed by atoms with Gasteiger partial charge in [0, 0.05) is 56.2 Å². The Labute approximate surface area is 176 Å². The minimum absolute atomic E-state index is 0.443. The molecule has 0 saturated heterocycles. The van der Waals surface area contributed by atoms with E-state index in [1.165, 1.54) is 55.9 Å². The lowest BCUT2D eigenvalue weighted by Crippen LogP contribution is -2.57. The van der Waals surface area contributed by atoms with Crippen LogP contribution in [-0.2, 0) is 23.9 Å². The fraction of sp³-hybridized carbons (Fsp3) is 0.609. The Hall–Kier alpha value is -2.25. The number of aliphatic hydroxyl groups is 1. The van der Waals surface area contributed by atoms with Crippen LogP contribution in [0.15, 0.2) is 31.0 Å². The molecule has 6 saturated carbocycles. The van der Waals surface area contributed by atoms with E-state index in [2.05, 4.69) is 35.4 Å². The van der Waals surface area contributed by atoms with Crippen LogP contribution < -0.4 is 5.32 Å². The zero-order valence-electron chi connectivity index (χ0n) is 17.6. The lowest BCUT2D eigenvalue weighted by molar-refractivity contribution is -0.0375. The Kier molecular flexibility index (Phi) is 4.09. The molecule has 4 bridgehead atoms. The molecule has 3 aromatic heterocycles. The number of hydrogen-bond acceptors (Lipinski definition) is 5. The maximum Gasteiger partial charge on any atom is 0.119 e. The van der Waals surface area contributed by atoms with Gasteiger partial charge in [-0.25, -0.2) is 9.97 Å². The largest absolute Gasteiger partial charge is 0.400 e. The van der Waals surface area contributed by atoms with Gasteiger partial charge in [-0.3, -0.25) is 4.98 Å². The van der Waals surface area contributed by atoms with Crippen molar-refractivity contribution < 1.29 is 5.11 Å². The Balaban J connectivity index is 0.000000108. The number of hydrogen-bond donors (Lipinski definition) is 2. The van der Waals surface area contributed by atoms with Crippen molar-refractivity contribution in [2.75, 3.05) is 13.7 Å². The molecule has 0 atom stereocenters. The van der Waals surface area contributed by atoms with Gasteiger partial charge in [0.05, 0.1) is 23.6 Å². The molecule has 0 aromatic carbocycles. The zero-order chi connectivity index (χ0) is 20.3. The molecule has 0 spiro atoms. The van der Waals surface area contributed by atoms with Crippen LogP contribution in [0, 0.1) is 11.8 Å². The van der Waals surface area contributed by atoms with E-state index in [1.807, 2.05) is 24.8 Å². The van der Waals surface area contributed by atoms with Crippen LogP contribution in [0.4, 0.5) is 0 Å². The summed E-state index contributed by atoms with van der Waals surface area (Å²) >= 11 is 0. The molecular formula is C23H30N6O. The topological polar surface area (TPSA) is 80.3 Å². The first-order chi connectivity index (χ1) is 14.7. The smallest absolute Gasteiger partial charge is 0.119 e. The molecule has 4 heterocycles. The van der Waals surface area contributed by atoms with Crippen molar-refractivity contribution in [3.63, 3.8) is 0 Å². The second-order valence-electron chi connectivity index (χ2n) is 9.87. The van der Waals surface area contributed by atoms with E-state index >= 15 is 0 Å². The molecule has 10 rings (SSSR count). The lowest BCUT2D eigenvalue weighted by Gasteiger charge is -2.61. The van der Waals surface area contributed by atoms with Crippen LogP contribution in [0.2, 0.25) is 0 Å². The predicted octanol–water partition coefficient (Wildman–Crippen LogP) is 2.43. The molecule has 7 heteroatoms. The van der Waals surface area contributed by atoms with Gasteiger partial charge in [-0.15, -0.1) is 0 Å². The van der Waals surface area contributed by atoms with Gasteiger partial charge >= 0.3 is 0 Å². The first-order valence-electron chi connectivity index (χ1n) is 11.2. The molecule has 2 N–H and O–H groups in total. The van der Waals surface area contributed by atoms with Crippen molar-refractivity contribution in [3.8, 4) is 0 Å². The van der Waals surface area contributed by atoms with E-state index in [9.17, 15) is 0 Å². The highest BCUT2D eigenvalue weighted by Crippen LogP contribution is 2.65. The summed E-state index contributed by atoms with van der Waals surface area (Å²) in [6.45, 7) is 3.24. The summed E-state index contributed by atoms with van der Waals surface area (Å²) in [5.41, 5.74) is 3.47. The van der Waals surface area contributed by atoms with Crippen molar-refractivity contribution in [1.29, 1.82) is 0 Å². The first-order valence-corrected chi connectivity index (χ1v) is 11.2. The molecule has 7 aliphatic rings. The summed E-state index contributed by atoms with van der Waals surface area (Å²) in [6.07, 6.45) is 18.1. The molecule has 30 heavy (non-hydrogen) atoms. The Morgan fingerprint density at radius 1 is 0.933 bits per heavy atom. The maximum absolute atomic E-state index is 7.00. The van der Waals surface area contributed by atoms with E-state index in [0.29, 0.717) is 10.8 Å². The van der Waals surface area contributed by atoms with Crippen LogP contribution in [-0.4, -0.2) is 42.7 Å². The highest BCUT2D eigenvalue weighted by molar-refractivity contribution is 5.45. The number of fused-ring (bicyclic) bond motifs is 2. The molecule has 0 radical (unpaired) electrons. The van der Waals surface area contributed by atoms with E-state index < -0.39 is 0 Å². The fourth-order valence-corrected chi connectivity index (χ4v) is 6.38. The first kappa shape index (κ1) is 18.5. The Morgan fingerprint density at radius 3 is 2.27 bits per heavy atom. The van der Waals surface area contributed by atoms with Crippen molar-refractivity contribution in [3.05, 3.63) is 48.3 Å². The molecule has 158 valence electrons. The summed E-state index contributed by atoms with van der Waals surface area (Å²) in [7, 11) is 1.00. The summed E-state index contributed by atoms with van der Waals surface area (Å²) < 4.78 is 4.66. The third-order valence-electron chi connectivity index (χ3n) is 8.12. The summed E-state index contributed by atoms with van der Waals surface area (Å²) in [4.78, 5) is 13.3. The summed E-state index contributed by atoms with van der Waals surface area (Å²) in [6, 6.07) is 0. The molecule has 0 unspecified atom stereocenters. The van der Waals surface area contributed by atoms with Crippen LogP contribution in [0.1, 0.15) is 55.9 Å². The normalized spacial score (nSPS) is 33.9. The molecule has 6 fully saturated rings. The predicted molar refractivity (Wildman–Crippen MR) is 113 cm³/mol.